The van der Waals surface area contributed by atoms with Crippen LogP contribution in [0.3, 0.4) is 0 Å². The minimum atomic E-state index is -0.563. The van der Waals surface area contributed by atoms with Crippen LogP contribution in [0.5, 0.6) is 11.5 Å². The Hall–Kier alpha value is -9.18. The van der Waals surface area contributed by atoms with E-state index < -0.39 is 10.8 Å². The molecule has 1 aliphatic heterocycles. The molecule has 3 heteroatoms. The molecule has 3 aliphatic rings. The normalized spacial score (nSPS) is 13.9. The molecule has 0 radical (unpaired) electrons. The van der Waals surface area contributed by atoms with Crippen LogP contribution >= 0.6 is 0 Å². The van der Waals surface area contributed by atoms with Gasteiger partial charge in [-0.1, -0.05) is 224 Å². The molecule has 1 heterocycles. The lowest BCUT2D eigenvalue weighted by Gasteiger charge is -2.35. The number of ether oxygens (including phenoxy) is 2. The molecular weight excluding hydrogens is 875 g/mol. The van der Waals surface area contributed by atoms with Crippen molar-refractivity contribution in [1.82, 2.24) is 0 Å². The van der Waals surface area contributed by atoms with Crippen molar-refractivity contribution in [2.45, 2.75) is 10.8 Å². The zero-order chi connectivity index (χ0) is 47.6. The Morgan fingerprint density at radius 2 is 0.694 bits per heavy atom. The number of rotatable bonds is 9. The largest absolute Gasteiger partial charge is 0.454 e. The molecule has 72 heavy (non-hydrogen) atoms. The number of benzene rings is 11. The van der Waals surface area contributed by atoms with Gasteiger partial charge in [0.25, 0.3) is 0 Å². The first kappa shape index (κ1) is 41.8. The topological polar surface area (TPSA) is 21.7 Å². The molecule has 11 aromatic carbocycles. The van der Waals surface area contributed by atoms with Crippen LogP contribution in [0.2, 0.25) is 0 Å². The zero-order valence-corrected chi connectivity index (χ0v) is 39.5. The maximum atomic E-state index is 5.81. The Kier molecular flexibility index (Phi) is 9.72. The van der Waals surface area contributed by atoms with Crippen LogP contribution in [-0.2, 0) is 10.8 Å². The van der Waals surface area contributed by atoms with E-state index in [2.05, 4.69) is 272 Å². The van der Waals surface area contributed by atoms with Gasteiger partial charge in [0, 0.05) is 16.9 Å². The summed E-state index contributed by atoms with van der Waals surface area (Å²) in [4.78, 5) is 2.46. The molecule has 0 fully saturated rings. The van der Waals surface area contributed by atoms with Crippen LogP contribution < -0.4 is 14.4 Å². The molecule has 2 aliphatic carbocycles. The number of hydrogen-bond donors (Lipinski definition) is 0. The summed E-state index contributed by atoms with van der Waals surface area (Å²) >= 11 is 0. The van der Waals surface area contributed by atoms with Crippen molar-refractivity contribution >= 4 is 17.1 Å². The van der Waals surface area contributed by atoms with Gasteiger partial charge in [-0.2, -0.15) is 0 Å². The summed E-state index contributed by atoms with van der Waals surface area (Å²) in [7, 11) is 0. The van der Waals surface area contributed by atoms with Crippen LogP contribution in [0.25, 0.3) is 44.5 Å². The Morgan fingerprint density at radius 3 is 1.26 bits per heavy atom. The van der Waals surface area contributed by atoms with Gasteiger partial charge < -0.3 is 14.4 Å². The fourth-order valence-electron chi connectivity index (χ4n) is 12.4. The fourth-order valence-corrected chi connectivity index (χ4v) is 12.4. The van der Waals surface area contributed by atoms with Crippen molar-refractivity contribution < 1.29 is 9.47 Å². The van der Waals surface area contributed by atoms with E-state index in [9.17, 15) is 0 Å². The average molecular weight is 922 g/mol. The summed E-state index contributed by atoms with van der Waals surface area (Å²) in [6.07, 6.45) is 0. The van der Waals surface area contributed by atoms with Crippen LogP contribution in [0.15, 0.2) is 273 Å². The van der Waals surface area contributed by atoms with E-state index in [-0.39, 0.29) is 6.79 Å². The second kappa shape index (κ2) is 16.8. The number of nitrogens with zero attached hydrogens (tertiary/aromatic N) is 1. The monoisotopic (exact) mass is 921 g/mol. The first-order valence-corrected chi connectivity index (χ1v) is 24.8. The Balaban J connectivity index is 0.998. The first-order valence-electron chi connectivity index (χ1n) is 24.8. The van der Waals surface area contributed by atoms with Gasteiger partial charge >= 0.3 is 0 Å². The van der Waals surface area contributed by atoms with Crippen molar-refractivity contribution in [3.63, 3.8) is 0 Å². The number of hydrogen-bond acceptors (Lipinski definition) is 3. The quantitative estimate of drug-likeness (QED) is 0.144. The highest BCUT2D eigenvalue weighted by Crippen LogP contribution is 2.59. The summed E-state index contributed by atoms with van der Waals surface area (Å²) in [6.45, 7) is 0.241. The maximum absolute atomic E-state index is 5.81. The molecule has 0 N–H and O–H groups in total. The molecular formula is C69H47NO2. The van der Waals surface area contributed by atoms with Gasteiger partial charge in [-0.3, -0.25) is 0 Å². The SMILES string of the molecule is c1ccc(C2(c3ccccc3)c3ccccc3-c3ccc(-c4ccccc4N(c4ccc(-c5ccc6c(c5)OCO6)cc4)c4ccc5c(c4)C(c4ccccc4)(c4ccccc4)c4ccccc4-5)cc32)cc1. The van der Waals surface area contributed by atoms with Gasteiger partial charge in [0.05, 0.1) is 16.5 Å². The third-order valence-corrected chi connectivity index (χ3v) is 15.4. The van der Waals surface area contributed by atoms with Crippen molar-refractivity contribution in [2.24, 2.45) is 0 Å². The second-order valence-corrected chi connectivity index (χ2v) is 19.0. The first-order chi connectivity index (χ1) is 35.7. The molecule has 0 atom stereocenters. The zero-order valence-electron chi connectivity index (χ0n) is 39.5. The van der Waals surface area contributed by atoms with E-state index in [1.165, 1.54) is 66.8 Å². The molecule has 0 aromatic heterocycles. The minimum absolute atomic E-state index is 0.241. The predicted octanol–water partition coefficient (Wildman–Crippen LogP) is 16.9. The molecule has 340 valence electrons. The lowest BCUT2D eigenvalue weighted by Crippen LogP contribution is -2.28. The molecule has 14 rings (SSSR count). The molecule has 11 aromatic rings. The third-order valence-electron chi connectivity index (χ3n) is 15.4. The van der Waals surface area contributed by atoms with E-state index >= 15 is 0 Å². The predicted molar refractivity (Wildman–Crippen MR) is 293 cm³/mol. The Morgan fingerprint density at radius 1 is 0.278 bits per heavy atom. The molecule has 0 bridgehead atoms. The van der Waals surface area contributed by atoms with E-state index in [1.54, 1.807) is 0 Å². The summed E-state index contributed by atoms with van der Waals surface area (Å²) in [6, 6.07) is 101. The average Bonchev–Trinajstić information content (AvgIpc) is 4.14. The van der Waals surface area contributed by atoms with Gasteiger partial charge in [0.15, 0.2) is 11.5 Å². The number of fused-ring (bicyclic) bond motifs is 7. The number of anilines is 3. The van der Waals surface area contributed by atoms with Crippen molar-refractivity contribution in [3.8, 4) is 56.0 Å². The van der Waals surface area contributed by atoms with E-state index in [0.29, 0.717) is 0 Å². The lowest BCUT2D eigenvalue weighted by atomic mass is 9.67. The van der Waals surface area contributed by atoms with Gasteiger partial charge in [0.1, 0.15) is 0 Å². The number of para-hydroxylation sites is 1. The summed E-state index contributed by atoms with van der Waals surface area (Å²) in [5, 5.41) is 0. The summed E-state index contributed by atoms with van der Waals surface area (Å²) in [5.41, 5.74) is 21.6. The Labute approximate surface area is 420 Å². The standard InChI is InChI=1S/C69H47NO2/c1-5-19-50(20-6-1)68(51-21-7-2-8-22-51)61-30-16-13-28-57(61)59-40-35-49(43-63(59)68)56-27-15-18-32-65(56)70(54-37-33-47(34-38-54)48-36-42-66-67(44-48)72-46-71-66)55-39-41-60-58-29-14-17-31-62(58)69(64(60)45-55,52-23-9-3-10-24-52)53-25-11-4-12-26-53/h1-45H,46H2. The highest BCUT2D eigenvalue weighted by Gasteiger charge is 2.48. The van der Waals surface area contributed by atoms with Crippen molar-refractivity contribution in [2.75, 3.05) is 11.7 Å². The Bertz CT molecular complexity index is 3750. The summed E-state index contributed by atoms with van der Waals surface area (Å²) < 4.78 is 11.5. The van der Waals surface area contributed by atoms with Crippen LogP contribution in [0, 0.1) is 0 Å². The smallest absolute Gasteiger partial charge is 0.231 e. The van der Waals surface area contributed by atoms with E-state index in [1.807, 2.05) is 6.07 Å². The van der Waals surface area contributed by atoms with Gasteiger partial charge in [-0.25, -0.2) is 0 Å². The minimum Gasteiger partial charge on any atom is -0.454 e. The van der Waals surface area contributed by atoms with Crippen LogP contribution in [0.1, 0.15) is 44.5 Å². The van der Waals surface area contributed by atoms with E-state index in [4.69, 9.17) is 9.47 Å². The van der Waals surface area contributed by atoms with Gasteiger partial charge in [-0.05, 0) is 132 Å². The third kappa shape index (κ3) is 6.24. The van der Waals surface area contributed by atoms with Gasteiger partial charge in [-0.15, -0.1) is 0 Å². The molecule has 0 saturated heterocycles. The molecule has 0 unspecified atom stereocenters. The lowest BCUT2D eigenvalue weighted by molar-refractivity contribution is 0.174. The van der Waals surface area contributed by atoms with Crippen molar-refractivity contribution in [3.05, 3.63) is 317 Å². The molecule has 0 spiro atoms. The highest BCUT2D eigenvalue weighted by molar-refractivity contribution is 5.95. The summed E-state index contributed by atoms with van der Waals surface area (Å²) in [5.74, 6) is 1.55. The van der Waals surface area contributed by atoms with E-state index in [0.717, 1.165) is 50.8 Å². The highest BCUT2D eigenvalue weighted by atomic mass is 16.7. The molecule has 0 saturated carbocycles. The second-order valence-electron chi connectivity index (χ2n) is 19.0. The fraction of sp³-hybridized carbons (Fsp3) is 0.0435. The van der Waals surface area contributed by atoms with Gasteiger partial charge in [0.2, 0.25) is 6.79 Å². The van der Waals surface area contributed by atoms with Crippen molar-refractivity contribution in [1.29, 1.82) is 0 Å². The molecule has 0 amide bonds. The van der Waals surface area contributed by atoms with Crippen LogP contribution in [0.4, 0.5) is 17.1 Å². The maximum Gasteiger partial charge on any atom is 0.231 e. The molecule has 3 nitrogen and oxygen atoms in total. The van der Waals surface area contributed by atoms with Crippen LogP contribution in [-0.4, -0.2) is 6.79 Å².